The van der Waals surface area contributed by atoms with Gasteiger partial charge in [-0.2, -0.15) is 5.10 Å². The molecule has 2 heterocycles. The highest BCUT2D eigenvalue weighted by atomic mass is 35.5. The van der Waals surface area contributed by atoms with Gasteiger partial charge in [0.15, 0.2) is 5.82 Å². The fraction of sp³-hybridized carbons (Fsp3) is 0.286. The van der Waals surface area contributed by atoms with Gasteiger partial charge in [0, 0.05) is 24.2 Å². The van der Waals surface area contributed by atoms with Gasteiger partial charge in [-0.25, -0.2) is 4.98 Å². The van der Waals surface area contributed by atoms with Crippen LogP contribution in [0.1, 0.15) is 12.2 Å². The van der Waals surface area contributed by atoms with E-state index < -0.39 is 0 Å². The predicted molar refractivity (Wildman–Crippen MR) is 86.7 cm³/mol. The Kier molecular flexibility index (Phi) is 5.30. The number of hydrogen-bond acceptors (Lipinski definition) is 5. The SMILES string of the molecule is Cl.NCc1nc(-c2ccc(NC(=O)C3CNC(=O)C3)cc2)n[nH]1. The van der Waals surface area contributed by atoms with E-state index in [1.807, 2.05) is 12.1 Å². The second kappa shape index (κ2) is 7.21. The number of aromatic amines is 1. The summed E-state index contributed by atoms with van der Waals surface area (Å²) in [6.07, 6.45) is 0.239. The van der Waals surface area contributed by atoms with E-state index in [0.717, 1.165) is 5.56 Å². The molecule has 5 N–H and O–H groups in total. The number of halogens is 1. The molecule has 0 saturated carbocycles. The molecule has 9 heteroatoms. The van der Waals surface area contributed by atoms with E-state index >= 15 is 0 Å². The summed E-state index contributed by atoms with van der Waals surface area (Å²) in [5.41, 5.74) is 6.97. The third-order valence-corrected chi connectivity index (χ3v) is 3.48. The van der Waals surface area contributed by atoms with Crippen LogP contribution in [0.15, 0.2) is 24.3 Å². The van der Waals surface area contributed by atoms with Gasteiger partial charge in [-0.05, 0) is 24.3 Å². The quantitative estimate of drug-likeness (QED) is 0.644. The van der Waals surface area contributed by atoms with Crippen LogP contribution in [0, 0.1) is 5.92 Å². The van der Waals surface area contributed by atoms with Crippen molar-refractivity contribution in [2.24, 2.45) is 11.7 Å². The zero-order valence-electron chi connectivity index (χ0n) is 12.2. The highest BCUT2D eigenvalue weighted by Gasteiger charge is 2.27. The monoisotopic (exact) mass is 336 g/mol. The van der Waals surface area contributed by atoms with Gasteiger partial charge in [0.05, 0.1) is 12.5 Å². The number of aromatic nitrogens is 3. The molecule has 1 aliphatic heterocycles. The second-order valence-electron chi connectivity index (χ2n) is 5.08. The Morgan fingerprint density at radius 2 is 2.09 bits per heavy atom. The molecule has 1 aromatic carbocycles. The van der Waals surface area contributed by atoms with E-state index in [1.54, 1.807) is 12.1 Å². The summed E-state index contributed by atoms with van der Waals surface area (Å²) in [4.78, 5) is 27.4. The fourth-order valence-corrected chi connectivity index (χ4v) is 2.25. The number of nitrogens with one attached hydrogen (secondary N) is 3. The molecule has 1 saturated heterocycles. The molecule has 1 aromatic heterocycles. The number of anilines is 1. The Balaban J connectivity index is 0.00000192. The lowest BCUT2D eigenvalue weighted by Crippen LogP contribution is -2.24. The average Bonchev–Trinajstić information content (AvgIpc) is 3.17. The van der Waals surface area contributed by atoms with E-state index in [9.17, 15) is 9.59 Å². The van der Waals surface area contributed by atoms with E-state index in [-0.39, 0.29) is 36.6 Å². The van der Waals surface area contributed by atoms with E-state index in [4.69, 9.17) is 5.73 Å². The van der Waals surface area contributed by atoms with Gasteiger partial charge in [0.25, 0.3) is 0 Å². The second-order valence-corrected chi connectivity index (χ2v) is 5.08. The molecular weight excluding hydrogens is 320 g/mol. The van der Waals surface area contributed by atoms with Crippen molar-refractivity contribution in [2.45, 2.75) is 13.0 Å². The lowest BCUT2D eigenvalue weighted by Gasteiger charge is -2.09. The normalized spacial score (nSPS) is 16.6. The first-order valence-corrected chi connectivity index (χ1v) is 6.95. The average molecular weight is 337 g/mol. The van der Waals surface area contributed by atoms with E-state index in [2.05, 4.69) is 25.8 Å². The lowest BCUT2D eigenvalue weighted by molar-refractivity contribution is -0.123. The van der Waals surface area contributed by atoms with Crippen LogP contribution in [0.3, 0.4) is 0 Å². The van der Waals surface area contributed by atoms with Crippen LogP contribution >= 0.6 is 12.4 Å². The van der Waals surface area contributed by atoms with Crippen LogP contribution in [-0.2, 0) is 16.1 Å². The van der Waals surface area contributed by atoms with Crippen LogP contribution in [0.2, 0.25) is 0 Å². The minimum absolute atomic E-state index is 0. The number of rotatable bonds is 4. The van der Waals surface area contributed by atoms with Gasteiger partial charge in [-0.3, -0.25) is 14.7 Å². The molecule has 2 aromatic rings. The van der Waals surface area contributed by atoms with Crippen molar-refractivity contribution in [1.29, 1.82) is 0 Å². The molecule has 0 bridgehead atoms. The van der Waals surface area contributed by atoms with Gasteiger partial charge in [0.2, 0.25) is 11.8 Å². The minimum Gasteiger partial charge on any atom is -0.355 e. The van der Waals surface area contributed by atoms with Crippen molar-refractivity contribution in [2.75, 3.05) is 11.9 Å². The van der Waals surface area contributed by atoms with Crippen molar-refractivity contribution in [1.82, 2.24) is 20.5 Å². The Bertz CT molecular complexity index is 700. The number of carbonyl (C=O) groups is 2. The highest BCUT2D eigenvalue weighted by Crippen LogP contribution is 2.19. The molecule has 3 rings (SSSR count). The Labute approximate surface area is 138 Å². The molecule has 8 nitrogen and oxygen atoms in total. The van der Waals surface area contributed by atoms with Crippen molar-refractivity contribution in [3.8, 4) is 11.4 Å². The maximum atomic E-state index is 12.0. The van der Waals surface area contributed by atoms with Gasteiger partial charge in [0.1, 0.15) is 5.82 Å². The summed E-state index contributed by atoms with van der Waals surface area (Å²) < 4.78 is 0. The third kappa shape index (κ3) is 3.85. The van der Waals surface area contributed by atoms with Gasteiger partial charge in [-0.1, -0.05) is 0 Å². The number of carbonyl (C=O) groups excluding carboxylic acids is 2. The van der Waals surface area contributed by atoms with Crippen molar-refractivity contribution in [3.63, 3.8) is 0 Å². The minimum atomic E-state index is -0.313. The summed E-state index contributed by atoms with van der Waals surface area (Å²) >= 11 is 0. The van der Waals surface area contributed by atoms with E-state index in [1.165, 1.54) is 0 Å². The molecule has 122 valence electrons. The molecule has 0 aliphatic carbocycles. The molecule has 0 radical (unpaired) electrons. The summed E-state index contributed by atoms with van der Waals surface area (Å²) in [5, 5.41) is 12.3. The maximum Gasteiger partial charge on any atom is 0.229 e. The topological polar surface area (TPSA) is 126 Å². The highest BCUT2D eigenvalue weighted by molar-refractivity contribution is 5.97. The first-order valence-electron chi connectivity index (χ1n) is 6.95. The summed E-state index contributed by atoms with van der Waals surface area (Å²) in [6, 6.07) is 7.18. The molecule has 2 amide bonds. The van der Waals surface area contributed by atoms with Crippen LogP contribution in [0.25, 0.3) is 11.4 Å². The number of benzene rings is 1. The van der Waals surface area contributed by atoms with Gasteiger partial charge < -0.3 is 16.4 Å². The van der Waals surface area contributed by atoms with Crippen LogP contribution in [-0.4, -0.2) is 33.5 Å². The Morgan fingerprint density at radius 3 is 2.65 bits per heavy atom. The largest absolute Gasteiger partial charge is 0.355 e. The standard InChI is InChI=1S/C14H16N6O2.ClH/c15-6-11-18-13(20-19-11)8-1-3-10(4-2-8)17-14(22)9-5-12(21)16-7-9;/h1-4,9H,5-7,15H2,(H,16,21)(H,17,22)(H,18,19,20);1H. The fourth-order valence-electron chi connectivity index (χ4n) is 2.25. The lowest BCUT2D eigenvalue weighted by atomic mass is 10.1. The summed E-state index contributed by atoms with van der Waals surface area (Å²) in [5.74, 6) is 0.618. The summed E-state index contributed by atoms with van der Waals surface area (Å²) in [7, 11) is 0. The number of hydrogen-bond donors (Lipinski definition) is 4. The Morgan fingerprint density at radius 1 is 1.35 bits per heavy atom. The number of H-pyrrole nitrogens is 1. The first-order chi connectivity index (χ1) is 10.7. The summed E-state index contributed by atoms with van der Waals surface area (Å²) in [6.45, 7) is 0.692. The molecular formula is C14H17ClN6O2. The van der Waals surface area contributed by atoms with Gasteiger partial charge in [-0.15, -0.1) is 12.4 Å². The predicted octanol–water partition coefficient (Wildman–Crippen LogP) is 0.427. The van der Waals surface area contributed by atoms with Crippen molar-refractivity contribution >= 4 is 29.9 Å². The smallest absolute Gasteiger partial charge is 0.229 e. The molecule has 1 unspecified atom stereocenters. The maximum absolute atomic E-state index is 12.0. The molecule has 1 aliphatic rings. The van der Waals surface area contributed by atoms with Crippen LogP contribution < -0.4 is 16.4 Å². The molecule has 23 heavy (non-hydrogen) atoms. The van der Waals surface area contributed by atoms with E-state index in [0.29, 0.717) is 30.4 Å². The zero-order valence-corrected chi connectivity index (χ0v) is 13.0. The zero-order chi connectivity index (χ0) is 15.5. The number of amides is 2. The van der Waals surface area contributed by atoms with Crippen LogP contribution in [0.5, 0.6) is 0 Å². The molecule has 1 fully saturated rings. The Hall–Kier alpha value is -2.45. The van der Waals surface area contributed by atoms with Crippen LogP contribution in [0.4, 0.5) is 5.69 Å². The molecule has 0 spiro atoms. The number of nitrogens with zero attached hydrogens (tertiary/aromatic N) is 2. The third-order valence-electron chi connectivity index (χ3n) is 3.48. The van der Waals surface area contributed by atoms with Crippen molar-refractivity contribution in [3.05, 3.63) is 30.1 Å². The van der Waals surface area contributed by atoms with Gasteiger partial charge >= 0.3 is 0 Å². The number of nitrogens with two attached hydrogens (primary N) is 1. The first kappa shape index (κ1) is 16.9. The molecule has 1 atom stereocenters. The van der Waals surface area contributed by atoms with Crippen molar-refractivity contribution < 1.29 is 9.59 Å².